The lowest BCUT2D eigenvalue weighted by Crippen LogP contribution is -2.07. The number of nitrogen functional groups attached to an aromatic ring is 1. The minimum Gasteiger partial charge on any atom is -0.398 e. The maximum atomic E-state index is 13.0. The van der Waals surface area contributed by atoms with Crippen molar-refractivity contribution in [3.8, 4) is 0 Å². The fourth-order valence-electron chi connectivity index (χ4n) is 1.40. The summed E-state index contributed by atoms with van der Waals surface area (Å²) in [6.07, 6.45) is 1.64. The molecule has 5 heteroatoms. The number of hydrogen-bond acceptors (Lipinski definition) is 3. The Kier molecular flexibility index (Phi) is 2.44. The number of carbonyl (C=O) groups excluding carboxylic acids is 1. The van der Waals surface area contributed by atoms with Crippen LogP contribution in [0.1, 0.15) is 16.1 Å². The summed E-state index contributed by atoms with van der Waals surface area (Å²) in [5, 5.41) is 3.95. The predicted molar refractivity (Wildman–Crippen MR) is 57.5 cm³/mol. The van der Waals surface area contributed by atoms with Crippen molar-refractivity contribution in [3.05, 3.63) is 47.5 Å². The molecular weight excluding hydrogens is 209 g/mol. The van der Waals surface area contributed by atoms with Gasteiger partial charge in [0.25, 0.3) is 0 Å². The van der Waals surface area contributed by atoms with Crippen molar-refractivity contribution in [2.45, 2.75) is 0 Å². The fraction of sp³-hybridized carbons (Fsp3) is 0.0909. The van der Waals surface area contributed by atoms with Gasteiger partial charge in [-0.25, -0.2) is 4.39 Å². The van der Waals surface area contributed by atoms with Gasteiger partial charge >= 0.3 is 0 Å². The second-order valence-corrected chi connectivity index (χ2v) is 3.44. The highest BCUT2D eigenvalue weighted by Gasteiger charge is 2.15. The molecule has 0 atom stereocenters. The molecule has 2 aromatic rings. The van der Waals surface area contributed by atoms with E-state index in [9.17, 15) is 9.18 Å². The molecule has 16 heavy (non-hydrogen) atoms. The predicted octanol–water partition coefficient (Wildman–Crippen LogP) is 1.37. The molecule has 2 N–H and O–H groups in total. The molecule has 0 unspecified atom stereocenters. The van der Waals surface area contributed by atoms with E-state index in [2.05, 4.69) is 5.10 Å². The first-order chi connectivity index (χ1) is 7.58. The van der Waals surface area contributed by atoms with Gasteiger partial charge in [-0.2, -0.15) is 5.10 Å². The van der Waals surface area contributed by atoms with E-state index in [1.165, 1.54) is 16.8 Å². The SMILES string of the molecule is Cn1ccc(C(=O)c2cc(F)ccc2N)n1. The minimum atomic E-state index is -0.492. The maximum Gasteiger partial charge on any atom is 0.215 e. The number of ketones is 1. The van der Waals surface area contributed by atoms with Crippen molar-refractivity contribution in [1.29, 1.82) is 0 Å². The van der Waals surface area contributed by atoms with Gasteiger partial charge in [-0.15, -0.1) is 0 Å². The highest BCUT2D eigenvalue weighted by molar-refractivity contribution is 6.10. The second-order valence-electron chi connectivity index (χ2n) is 3.44. The normalized spacial score (nSPS) is 10.4. The molecule has 4 nitrogen and oxygen atoms in total. The highest BCUT2D eigenvalue weighted by Crippen LogP contribution is 2.16. The molecule has 82 valence electrons. The standard InChI is InChI=1S/C11H10FN3O/c1-15-5-4-10(14-15)11(16)8-6-7(12)2-3-9(8)13/h2-6H,13H2,1H3. The van der Waals surface area contributed by atoms with Crippen molar-refractivity contribution in [3.63, 3.8) is 0 Å². The van der Waals surface area contributed by atoms with Gasteiger partial charge in [0.2, 0.25) is 5.78 Å². The van der Waals surface area contributed by atoms with Crippen LogP contribution in [-0.4, -0.2) is 15.6 Å². The molecule has 1 heterocycles. The first-order valence-electron chi connectivity index (χ1n) is 4.67. The Bertz CT molecular complexity index is 548. The van der Waals surface area contributed by atoms with E-state index in [1.54, 1.807) is 19.3 Å². The molecule has 1 aromatic carbocycles. The van der Waals surface area contributed by atoms with Gasteiger partial charge in [0.05, 0.1) is 5.56 Å². The van der Waals surface area contributed by atoms with Crippen LogP contribution in [-0.2, 0) is 7.05 Å². The van der Waals surface area contributed by atoms with Crippen molar-refractivity contribution in [1.82, 2.24) is 9.78 Å². The Hall–Kier alpha value is -2.17. The van der Waals surface area contributed by atoms with Crippen LogP contribution in [0.3, 0.4) is 0 Å². The topological polar surface area (TPSA) is 60.9 Å². The van der Waals surface area contributed by atoms with Crippen LogP contribution < -0.4 is 5.73 Å². The monoisotopic (exact) mass is 219 g/mol. The van der Waals surface area contributed by atoms with Crippen molar-refractivity contribution < 1.29 is 9.18 Å². The molecule has 1 aromatic heterocycles. The summed E-state index contributed by atoms with van der Waals surface area (Å²) < 4.78 is 14.5. The van der Waals surface area contributed by atoms with Gasteiger partial charge in [-0.1, -0.05) is 0 Å². The van der Waals surface area contributed by atoms with Crippen LogP contribution in [0.25, 0.3) is 0 Å². The maximum absolute atomic E-state index is 13.0. The first kappa shape index (κ1) is 10.4. The number of nitrogens with two attached hydrogens (primary N) is 1. The molecule has 0 aliphatic rings. The van der Waals surface area contributed by atoms with Crippen LogP contribution in [0.4, 0.5) is 10.1 Å². The zero-order chi connectivity index (χ0) is 11.7. The van der Waals surface area contributed by atoms with Crippen molar-refractivity contribution >= 4 is 11.5 Å². The number of carbonyl (C=O) groups is 1. The zero-order valence-corrected chi connectivity index (χ0v) is 8.64. The van der Waals surface area contributed by atoms with Crippen molar-refractivity contribution in [2.75, 3.05) is 5.73 Å². The Morgan fingerprint density at radius 2 is 2.19 bits per heavy atom. The molecule has 0 aliphatic carbocycles. The summed E-state index contributed by atoms with van der Waals surface area (Å²) in [6, 6.07) is 5.26. The smallest absolute Gasteiger partial charge is 0.215 e. The highest BCUT2D eigenvalue weighted by atomic mass is 19.1. The average Bonchev–Trinajstić information content (AvgIpc) is 2.67. The molecule has 0 radical (unpaired) electrons. The fourth-order valence-corrected chi connectivity index (χ4v) is 1.40. The number of benzene rings is 1. The molecular formula is C11H10FN3O. The third kappa shape index (κ3) is 1.79. The van der Waals surface area contributed by atoms with Crippen LogP contribution in [0.5, 0.6) is 0 Å². The summed E-state index contributed by atoms with van der Waals surface area (Å²) >= 11 is 0. The van der Waals surface area contributed by atoms with Crippen molar-refractivity contribution in [2.24, 2.45) is 7.05 Å². The Morgan fingerprint density at radius 1 is 1.44 bits per heavy atom. The number of anilines is 1. The second kappa shape index (κ2) is 3.77. The summed E-state index contributed by atoms with van der Waals surface area (Å²) in [6.45, 7) is 0. The zero-order valence-electron chi connectivity index (χ0n) is 8.64. The van der Waals surface area contributed by atoms with E-state index >= 15 is 0 Å². The Morgan fingerprint density at radius 3 is 2.81 bits per heavy atom. The van der Waals surface area contributed by atoms with E-state index < -0.39 is 5.82 Å². The van der Waals surface area contributed by atoms with Crippen LogP contribution >= 0.6 is 0 Å². The van der Waals surface area contributed by atoms with Gasteiger partial charge < -0.3 is 5.73 Å². The van der Waals surface area contributed by atoms with E-state index in [0.29, 0.717) is 0 Å². The summed E-state index contributed by atoms with van der Waals surface area (Å²) in [7, 11) is 1.70. The molecule has 0 fully saturated rings. The van der Waals surface area contributed by atoms with Gasteiger partial charge in [0, 0.05) is 18.9 Å². The lowest BCUT2D eigenvalue weighted by atomic mass is 10.1. The largest absolute Gasteiger partial charge is 0.398 e. The lowest BCUT2D eigenvalue weighted by molar-refractivity contribution is 0.103. The van der Waals surface area contributed by atoms with Crippen LogP contribution in [0.15, 0.2) is 30.5 Å². The molecule has 0 amide bonds. The summed E-state index contributed by atoms with van der Waals surface area (Å²) in [5.74, 6) is -0.869. The third-order valence-electron chi connectivity index (χ3n) is 2.21. The lowest BCUT2D eigenvalue weighted by Gasteiger charge is -2.02. The molecule has 0 aliphatic heterocycles. The van der Waals surface area contributed by atoms with E-state index in [-0.39, 0.29) is 22.7 Å². The third-order valence-corrected chi connectivity index (χ3v) is 2.21. The van der Waals surface area contributed by atoms with Crippen LogP contribution in [0.2, 0.25) is 0 Å². The molecule has 2 rings (SSSR count). The number of aromatic nitrogens is 2. The summed E-state index contributed by atoms with van der Waals surface area (Å²) in [5.41, 5.74) is 6.25. The number of halogens is 1. The average molecular weight is 219 g/mol. The van der Waals surface area contributed by atoms with Gasteiger partial charge in [0.15, 0.2) is 0 Å². The Balaban J connectivity index is 2.45. The molecule has 0 saturated heterocycles. The van der Waals surface area contributed by atoms with Gasteiger partial charge in [-0.3, -0.25) is 9.48 Å². The van der Waals surface area contributed by atoms with Gasteiger partial charge in [0.1, 0.15) is 11.5 Å². The quantitative estimate of drug-likeness (QED) is 0.613. The number of nitrogens with zero attached hydrogens (tertiary/aromatic N) is 2. The number of hydrogen-bond donors (Lipinski definition) is 1. The van der Waals surface area contributed by atoms with Gasteiger partial charge in [-0.05, 0) is 24.3 Å². The summed E-state index contributed by atoms with van der Waals surface area (Å²) in [4.78, 5) is 11.9. The van der Waals surface area contributed by atoms with E-state index in [0.717, 1.165) is 6.07 Å². The first-order valence-corrected chi connectivity index (χ1v) is 4.67. The number of aryl methyl sites for hydroxylation is 1. The molecule has 0 saturated carbocycles. The van der Waals surface area contributed by atoms with Crippen LogP contribution in [0, 0.1) is 5.82 Å². The molecule has 0 bridgehead atoms. The Labute approximate surface area is 91.5 Å². The van der Waals surface area contributed by atoms with E-state index in [4.69, 9.17) is 5.73 Å². The number of rotatable bonds is 2. The minimum absolute atomic E-state index is 0.138. The van der Waals surface area contributed by atoms with E-state index in [1.807, 2.05) is 0 Å². The molecule has 0 spiro atoms.